The van der Waals surface area contributed by atoms with E-state index in [2.05, 4.69) is 6.92 Å². The van der Waals surface area contributed by atoms with Gasteiger partial charge < -0.3 is 19.3 Å². The lowest BCUT2D eigenvalue weighted by atomic mass is 9.82. The molecule has 2 atom stereocenters. The molecule has 0 aromatic heterocycles. The molecular weight excluding hydrogens is 392 g/mol. The van der Waals surface area contributed by atoms with Crippen LogP contribution in [0.1, 0.15) is 44.2 Å². The molecule has 3 rings (SSSR count). The van der Waals surface area contributed by atoms with Crippen molar-refractivity contribution in [1.82, 2.24) is 4.90 Å². The maximum absolute atomic E-state index is 13.5. The zero-order valence-electron chi connectivity index (χ0n) is 18.8. The van der Waals surface area contributed by atoms with E-state index >= 15 is 0 Å². The van der Waals surface area contributed by atoms with Crippen molar-refractivity contribution in [3.8, 4) is 11.5 Å². The van der Waals surface area contributed by atoms with Crippen LogP contribution in [-0.2, 0) is 9.59 Å². The quantitative estimate of drug-likeness (QED) is 0.628. The minimum absolute atomic E-state index is 0.00124. The van der Waals surface area contributed by atoms with E-state index in [0.29, 0.717) is 30.9 Å². The molecule has 0 N–H and O–H groups in total. The maximum Gasteiger partial charge on any atom is 0.227 e. The first-order chi connectivity index (χ1) is 15.0. The van der Waals surface area contributed by atoms with Crippen LogP contribution >= 0.6 is 0 Å². The Morgan fingerprint density at radius 2 is 1.81 bits per heavy atom. The smallest absolute Gasteiger partial charge is 0.227 e. The van der Waals surface area contributed by atoms with Gasteiger partial charge in [-0.05, 0) is 43.2 Å². The van der Waals surface area contributed by atoms with Gasteiger partial charge in [0, 0.05) is 31.3 Å². The number of rotatable bonds is 8. The molecule has 2 aromatic rings. The number of hydrogen-bond donors (Lipinski definition) is 0. The molecule has 0 bridgehead atoms. The van der Waals surface area contributed by atoms with Crippen LogP contribution in [0, 0.1) is 5.92 Å². The fourth-order valence-electron chi connectivity index (χ4n) is 4.25. The van der Waals surface area contributed by atoms with Crippen molar-refractivity contribution in [3.63, 3.8) is 0 Å². The molecule has 1 heterocycles. The Kier molecular flexibility index (Phi) is 7.55. The number of nitrogens with zero attached hydrogens (tertiary/aromatic N) is 2. The van der Waals surface area contributed by atoms with Crippen molar-refractivity contribution >= 4 is 17.5 Å². The lowest BCUT2D eigenvalue weighted by molar-refractivity contribution is -0.137. The van der Waals surface area contributed by atoms with Crippen LogP contribution in [0.15, 0.2) is 48.5 Å². The van der Waals surface area contributed by atoms with Crippen LogP contribution in [0.4, 0.5) is 5.69 Å². The van der Waals surface area contributed by atoms with Gasteiger partial charge in [-0.15, -0.1) is 0 Å². The molecule has 6 heteroatoms. The Morgan fingerprint density at radius 1 is 1.10 bits per heavy atom. The molecule has 1 fully saturated rings. The maximum atomic E-state index is 13.5. The van der Waals surface area contributed by atoms with Crippen molar-refractivity contribution in [2.75, 3.05) is 32.7 Å². The third-order valence-electron chi connectivity index (χ3n) is 5.95. The summed E-state index contributed by atoms with van der Waals surface area (Å²) in [5, 5.41) is 0. The highest BCUT2D eigenvalue weighted by Crippen LogP contribution is 2.43. The summed E-state index contributed by atoms with van der Waals surface area (Å²) in [6.45, 7) is 2.82. The molecular formula is C25H32N2O4. The summed E-state index contributed by atoms with van der Waals surface area (Å²) in [4.78, 5) is 30.2. The zero-order valence-corrected chi connectivity index (χ0v) is 18.8. The van der Waals surface area contributed by atoms with E-state index in [-0.39, 0.29) is 17.7 Å². The molecule has 0 spiro atoms. The SMILES string of the molecule is CCCCN(C)C(=O)C1CCC(=O)N(c2ccc(OC)cc2)C1c1ccccc1OC. The van der Waals surface area contributed by atoms with E-state index < -0.39 is 6.04 Å². The highest BCUT2D eigenvalue weighted by atomic mass is 16.5. The van der Waals surface area contributed by atoms with Crippen LogP contribution in [0.5, 0.6) is 11.5 Å². The monoisotopic (exact) mass is 424 g/mol. The van der Waals surface area contributed by atoms with Gasteiger partial charge in [-0.2, -0.15) is 0 Å². The fraction of sp³-hybridized carbons (Fsp3) is 0.440. The van der Waals surface area contributed by atoms with Gasteiger partial charge in [-0.1, -0.05) is 31.5 Å². The van der Waals surface area contributed by atoms with Gasteiger partial charge in [-0.25, -0.2) is 0 Å². The first kappa shape index (κ1) is 22.7. The second-order valence-corrected chi connectivity index (χ2v) is 7.91. The molecule has 1 aliphatic rings. The van der Waals surface area contributed by atoms with Gasteiger partial charge in [0.15, 0.2) is 0 Å². The van der Waals surface area contributed by atoms with Crippen LogP contribution in [0.2, 0.25) is 0 Å². The summed E-state index contributed by atoms with van der Waals surface area (Å²) in [7, 11) is 5.08. The number of benzene rings is 2. The Hall–Kier alpha value is -3.02. The molecule has 2 amide bonds. The topological polar surface area (TPSA) is 59.1 Å². The normalized spacial score (nSPS) is 18.6. The van der Waals surface area contributed by atoms with Crippen molar-refractivity contribution in [2.45, 2.75) is 38.6 Å². The van der Waals surface area contributed by atoms with E-state index in [9.17, 15) is 9.59 Å². The minimum atomic E-state index is -0.442. The van der Waals surface area contributed by atoms with Gasteiger partial charge in [0.05, 0.1) is 26.2 Å². The first-order valence-corrected chi connectivity index (χ1v) is 10.9. The number of unbranched alkanes of at least 4 members (excludes halogenated alkanes) is 1. The van der Waals surface area contributed by atoms with Crippen molar-refractivity contribution in [3.05, 3.63) is 54.1 Å². The Labute approximate surface area is 184 Å². The molecule has 0 aliphatic carbocycles. The van der Waals surface area contributed by atoms with E-state index in [1.807, 2.05) is 55.6 Å². The molecule has 0 radical (unpaired) electrons. The largest absolute Gasteiger partial charge is 0.497 e. The molecule has 0 saturated carbocycles. The molecule has 2 aromatic carbocycles. The van der Waals surface area contributed by atoms with Crippen LogP contribution in [0.25, 0.3) is 0 Å². The number of para-hydroxylation sites is 1. The van der Waals surface area contributed by atoms with Gasteiger partial charge in [0.2, 0.25) is 11.8 Å². The lowest BCUT2D eigenvalue weighted by Gasteiger charge is -2.42. The number of methoxy groups -OCH3 is 2. The summed E-state index contributed by atoms with van der Waals surface area (Å²) in [5.41, 5.74) is 1.59. The summed E-state index contributed by atoms with van der Waals surface area (Å²) in [5.74, 6) is 1.11. The van der Waals surface area contributed by atoms with Gasteiger partial charge in [-0.3, -0.25) is 9.59 Å². The third kappa shape index (κ3) is 4.84. The highest BCUT2D eigenvalue weighted by Gasteiger charge is 2.43. The number of carbonyl (C=O) groups excluding carboxylic acids is 2. The average molecular weight is 425 g/mol. The number of carbonyl (C=O) groups is 2. The van der Waals surface area contributed by atoms with Gasteiger partial charge >= 0.3 is 0 Å². The Morgan fingerprint density at radius 3 is 2.45 bits per heavy atom. The fourth-order valence-corrected chi connectivity index (χ4v) is 4.25. The summed E-state index contributed by atoms with van der Waals surface area (Å²) < 4.78 is 10.9. The molecule has 1 aliphatic heterocycles. The van der Waals surface area contributed by atoms with E-state index in [4.69, 9.17) is 9.47 Å². The first-order valence-electron chi connectivity index (χ1n) is 10.9. The van der Waals surface area contributed by atoms with Crippen LogP contribution in [0.3, 0.4) is 0 Å². The van der Waals surface area contributed by atoms with Crippen molar-refractivity contribution < 1.29 is 19.1 Å². The molecule has 6 nitrogen and oxygen atoms in total. The van der Waals surface area contributed by atoms with Crippen LogP contribution < -0.4 is 14.4 Å². The number of piperidine rings is 1. The zero-order chi connectivity index (χ0) is 22.4. The number of ether oxygens (including phenoxy) is 2. The summed E-state index contributed by atoms with van der Waals surface area (Å²) in [6, 6.07) is 14.6. The van der Waals surface area contributed by atoms with Crippen LogP contribution in [-0.4, -0.2) is 44.5 Å². The Bertz CT molecular complexity index is 897. The number of anilines is 1. The highest BCUT2D eigenvalue weighted by molar-refractivity contribution is 5.97. The third-order valence-corrected chi connectivity index (χ3v) is 5.95. The predicted octanol–water partition coefficient (Wildman–Crippen LogP) is 4.45. The van der Waals surface area contributed by atoms with E-state index in [1.54, 1.807) is 24.0 Å². The number of hydrogen-bond acceptors (Lipinski definition) is 4. The van der Waals surface area contributed by atoms with Gasteiger partial charge in [0.1, 0.15) is 11.5 Å². The van der Waals surface area contributed by atoms with Crippen molar-refractivity contribution in [2.24, 2.45) is 5.92 Å². The second-order valence-electron chi connectivity index (χ2n) is 7.91. The Balaban J connectivity index is 2.08. The minimum Gasteiger partial charge on any atom is -0.497 e. The molecule has 31 heavy (non-hydrogen) atoms. The molecule has 1 saturated heterocycles. The standard InChI is InChI=1S/C25H32N2O4/c1-5-6-17-26(2)25(29)21-15-16-23(28)27(18-11-13-19(30-3)14-12-18)24(21)20-9-7-8-10-22(20)31-4/h7-14,21,24H,5-6,15-17H2,1-4H3. The van der Waals surface area contributed by atoms with E-state index in [0.717, 1.165) is 24.1 Å². The molecule has 2 unspecified atom stereocenters. The summed E-state index contributed by atoms with van der Waals surface area (Å²) >= 11 is 0. The number of amides is 2. The van der Waals surface area contributed by atoms with Gasteiger partial charge in [0.25, 0.3) is 0 Å². The lowest BCUT2D eigenvalue weighted by Crippen LogP contribution is -2.49. The predicted molar refractivity (Wildman–Crippen MR) is 121 cm³/mol. The molecule has 166 valence electrons. The summed E-state index contributed by atoms with van der Waals surface area (Å²) in [6.07, 6.45) is 2.82. The van der Waals surface area contributed by atoms with E-state index in [1.165, 1.54) is 0 Å². The second kappa shape index (κ2) is 10.3. The van der Waals surface area contributed by atoms with Crippen molar-refractivity contribution in [1.29, 1.82) is 0 Å². The average Bonchev–Trinajstić information content (AvgIpc) is 2.81.